The lowest BCUT2D eigenvalue weighted by Crippen LogP contribution is -2.27. The Morgan fingerprint density at radius 2 is 1.95 bits per heavy atom. The average Bonchev–Trinajstić information content (AvgIpc) is 2.37. The topological polar surface area (TPSA) is 58.4 Å². The summed E-state index contributed by atoms with van der Waals surface area (Å²) in [6.07, 6.45) is 0.492. The molecule has 1 unspecified atom stereocenters. The van der Waals surface area contributed by atoms with Crippen LogP contribution in [0.15, 0.2) is 24.3 Å². The number of rotatable bonds is 7. The fourth-order valence-electron chi connectivity index (χ4n) is 1.89. The smallest absolute Gasteiger partial charge is 0.220 e. The van der Waals surface area contributed by atoms with Crippen LogP contribution in [-0.4, -0.2) is 31.4 Å². The van der Waals surface area contributed by atoms with Crippen LogP contribution in [0.4, 0.5) is 0 Å². The van der Waals surface area contributed by atoms with Gasteiger partial charge in [0, 0.05) is 19.5 Å². The van der Waals surface area contributed by atoms with Crippen LogP contribution in [-0.2, 0) is 17.9 Å². The first-order valence-corrected chi connectivity index (χ1v) is 6.71. The molecule has 0 saturated carbocycles. The van der Waals surface area contributed by atoms with Crippen molar-refractivity contribution >= 4 is 5.91 Å². The Labute approximate surface area is 116 Å². The number of amides is 1. The van der Waals surface area contributed by atoms with Crippen LogP contribution in [0.3, 0.4) is 0 Å². The summed E-state index contributed by atoms with van der Waals surface area (Å²) in [4.78, 5) is 13.9. The minimum absolute atomic E-state index is 0.0672. The lowest BCUT2D eigenvalue weighted by molar-refractivity contribution is -0.122. The predicted octanol–water partition coefficient (Wildman–Crippen LogP) is 1.35. The van der Waals surface area contributed by atoms with E-state index in [4.69, 9.17) is 5.73 Å². The van der Waals surface area contributed by atoms with Gasteiger partial charge in [0.05, 0.1) is 0 Å². The van der Waals surface area contributed by atoms with E-state index in [9.17, 15) is 4.79 Å². The lowest BCUT2D eigenvalue weighted by Gasteiger charge is -2.15. The largest absolute Gasteiger partial charge is 0.352 e. The summed E-state index contributed by atoms with van der Waals surface area (Å²) in [6.45, 7) is 4.00. The Morgan fingerprint density at radius 1 is 1.32 bits per heavy atom. The molecule has 0 heterocycles. The maximum Gasteiger partial charge on any atom is 0.220 e. The Morgan fingerprint density at radius 3 is 2.53 bits per heavy atom. The normalized spacial score (nSPS) is 12.5. The van der Waals surface area contributed by atoms with E-state index in [2.05, 4.69) is 22.3 Å². The van der Waals surface area contributed by atoms with Crippen LogP contribution in [0.5, 0.6) is 0 Å². The highest BCUT2D eigenvalue weighted by Gasteiger charge is 2.08. The highest BCUT2D eigenvalue weighted by Crippen LogP contribution is 2.10. The Bertz CT molecular complexity index is 404. The van der Waals surface area contributed by atoms with Crippen LogP contribution in [0.2, 0.25) is 0 Å². The number of nitrogens with zero attached hydrogens (tertiary/aromatic N) is 1. The van der Waals surface area contributed by atoms with Gasteiger partial charge >= 0.3 is 0 Å². The molecule has 0 saturated heterocycles. The second-order valence-electron chi connectivity index (χ2n) is 5.33. The zero-order valence-electron chi connectivity index (χ0n) is 12.1. The van der Waals surface area contributed by atoms with Gasteiger partial charge in [0.1, 0.15) is 0 Å². The Hall–Kier alpha value is -1.39. The highest BCUT2D eigenvalue weighted by atomic mass is 16.1. The number of hydrogen-bond donors (Lipinski definition) is 2. The summed E-state index contributed by atoms with van der Waals surface area (Å²) >= 11 is 0. The third-order valence-electron chi connectivity index (χ3n) is 3.02. The zero-order valence-corrected chi connectivity index (χ0v) is 12.1. The van der Waals surface area contributed by atoms with Gasteiger partial charge in [0.2, 0.25) is 5.91 Å². The Kier molecular flexibility index (Phi) is 6.53. The molecule has 0 spiro atoms. The minimum Gasteiger partial charge on any atom is -0.352 e. The molecular formula is C15H25N3O. The number of benzene rings is 1. The average molecular weight is 263 g/mol. The molecule has 1 rings (SSSR count). The second-order valence-corrected chi connectivity index (χ2v) is 5.33. The van der Waals surface area contributed by atoms with Crippen molar-refractivity contribution in [3.05, 3.63) is 35.4 Å². The van der Waals surface area contributed by atoms with Gasteiger partial charge in [-0.25, -0.2) is 0 Å². The third-order valence-corrected chi connectivity index (χ3v) is 3.02. The van der Waals surface area contributed by atoms with E-state index < -0.39 is 0 Å². The first-order valence-electron chi connectivity index (χ1n) is 6.71. The summed E-state index contributed by atoms with van der Waals surface area (Å²) in [5.74, 6) is 0.301. The molecule has 0 aliphatic carbocycles. The van der Waals surface area contributed by atoms with Crippen molar-refractivity contribution < 1.29 is 4.79 Å². The molecule has 1 amide bonds. The van der Waals surface area contributed by atoms with E-state index in [0.717, 1.165) is 6.54 Å². The fourth-order valence-corrected chi connectivity index (χ4v) is 1.89. The van der Waals surface area contributed by atoms with Crippen molar-refractivity contribution in [2.45, 2.75) is 26.4 Å². The third kappa shape index (κ3) is 5.85. The number of nitrogens with one attached hydrogen (secondary N) is 1. The number of carbonyl (C=O) groups is 1. The van der Waals surface area contributed by atoms with E-state index in [1.54, 1.807) is 0 Å². The van der Waals surface area contributed by atoms with E-state index >= 15 is 0 Å². The number of carbonyl (C=O) groups excluding carboxylic acids is 1. The first kappa shape index (κ1) is 15.7. The summed E-state index contributed by atoms with van der Waals surface area (Å²) in [5.41, 5.74) is 7.94. The molecule has 1 aromatic rings. The van der Waals surface area contributed by atoms with Gasteiger partial charge in [0.25, 0.3) is 0 Å². The van der Waals surface area contributed by atoms with Crippen molar-refractivity contribution in [2.75, 3.05) is 20.6 Å². The molecule has 1 aromatic carbocycles. The fraction of sp³-hybridized carbons (Fsp3) is 0.533. The van der Waals surface area contributed by atoms with Crippen LogP contribution in [0.1, 0.15) is 24.5 Å². The summed E-state index contributed by atoms with van der Waals surface area (Å²) in [6, 6.07) is 8.19. The van der Waals surface area contributed by atoms with Crippen molar-refractivity contribution in [1.82, 2.24) is 10.2 Å². The number of hydrogen-bond acceptors (Lipinski definition) is 3. The molecule has 106 valence electrons. The Balaban J connectivity index is 2.55. The maximum absolute atomic E-state index is 11.7. The van der Waals surface area contributed by atoms with Crippen molar-refractivity contribution in [3.63, 3.8) is 0 Å². The van der Waals surface area contributed by atoms with E-state index in [1.165, 1.54) is 11.1 Å². The molecule has 4 heteroatoms. The van der Waals surface area contributed by atoms with Crippen LogP contribution < -0.4 is 11.1 Å². The highest BCUT2D eigenvalue weighted by molar-refractivity contribution is 5.76. The maximum atomic E-state index is 11.7. The van der Waals surface area contributed by atoms with E-state index in [-0.39, 0.29) is 11.8 Å². The van der Waals surface area contributed by atoms with Crippen LogP contribution in [0, 0.1) is 5.92 Å². The van der Waals surface area contributed by atoms with Gasteiger partial charge in [0.15, 0.2) is 0 Å². The standard InChI is InChI=1S/C15H25N3O/c1-12(9-16)8-15(19)17-10-13-6-4-5-7-14(13)11-18(2)3/h4-7,12H,8-11,16H2,1-3H3,(H,17,19). The first-order chi connectivity index (χ1) is 9.02. The molecule has 0 bridgehead atoms. The monoisotopic (exact) mass is 263 g/mol. The minimum atomic E-state index is 0.0672. The molecular weight excluding hydrogens is 238 g/mol. The van der Waals surface area contributed by atoms with Gasteiger partial charge in [-0.15, -0.1) is 0 Å². The van der Waals surface area contributed by atoms with E-state index in [0.29, 0.717) is 19.5 Å². The summed E-state index contributed by atoms with van der Waals surface area (Å²) < 4.78 is 0. The molecule has 0 aromatic heterocycles. The zero-order chi connectivity index (χ0) is 14.3. The lowest BCUT2D eigenvalue weighted by atomic mass is 10.1. The van der Waals surface area contributed by atoms with Crippen LogP contribution in [0.25, 0.3) is 0 Å². The molecule has 0 aliphatic heterocycles. The van der Waals surface area contributed by atoms with Crippen molar-refractivity contribution in [1.29, 1.82) is 0 Å². The van der Waals surface area contributed by atoms with Gasteiger partial charge in [-0.3, -0.25) is 4.79 Å². The van der Waals surface area contributed by atoms with Gasteiger partial charge < -0.3 is 16.0 Å². The molecule has 0 radical (unpaired) electrons. The van der Waals surface area contributed by atoms with E-state index in [1.807, 2.05) is 33.2 Å². The molecule has 0 fully saturated rings. The molecule has 0 aliphatic rings. The quantitative estimate of drug-likeness (QED) is 0.780. The molecule has 3 N–H and O–H groups in total. The van der Waals surface area contributed by atoms with Gasteiger partial charge in [-0.05, 0) is 37.7 Å². The second kappa shape index (κ2) is 7.92. The SMILES string of the molecule is CC(CN)CC(=O)NCc1ccccc1CN(C)C. The van der Waals surface area contributed by atoms with Gasteiger partial charge in [-0.1, -0.05) is 31.2 Å². The summed E-state index contributed by atoms with van der Waals surface area (Å²) in [5, 5.41) is 2.96. The number of nitrogens with two attached hydrogens (primary N) is 1. The predicted molar refractivity (Wildman–Crippen MR) is 78.5 cm³/mol. The molecule has 19 heavy (non-hydrogen) atoms. The van der Waals surface area contributed by atoms with Crippen molar-refractivity contribution in [3.8, 4) is 0 Å². The van der Waals surface area contributed by atoms with Crippen LogP contribution >= 0.6 is 0 Å². The van der Waals surface area contributed by atoms with Gasteiger partial charge in [-0.2, -0.15) is 0 Å². The molecule has 1 atom stereocenters. The van der Waals surface area contributed by atoms with Crippen molar-refractivity contribution in [2.24, 2.45) is 11.7 Å². The summed E-state index contributed by atoms with van der Waals surface area (Å²) in [7, 11) is 4.08. The molecule has 4 nitrogen and oxygen atoms in total.